The Morgan fingerprint density at radius 2 is 2.07 bits per heavy atom. The number of nitrogens with zero attached hydrogens (tertiary/aromatic N) is 1. The zero-order valence-corrected chi connectivity index (χ0v) is 9.26. The lowest BCUT2D eigenvalue weighted by Gasteiger charge is -2.20. The highest BCUT2D eigenvalue weighted by Crippen LogP contribution is 2.24. The summed E-state index contributed by atoms with van der Waals surface area (Å²) in [4.78, 5) is 2.45. The molecule has 0 aromatic heterocycles. The molecule has 1 aromatic rings. The first-order chi connectivity index (χ1) is 7.29. The molecule has 1 aliphatic rings. The van der Waals surface area contributed by atoms with Crippen LogP contribution in [0.3, 0.4) is 0 Å². The Bertz CT molecular complexity index is 299. The highest BCUT2D eigenvalue weighted by Gasteiger charge is 2.27. The molecule has 1 saturated heterocycles. The second kappa shape index (κ2) is 4.77. The molecule has 2 nitrogen and oxygen atoms in total. The monoisotopic (exact) mass is 205 g/mol. The predicted octanol–water partition coefficient (Wildman–Crippen LogP) is 1.89. The van der Waals surface area contributed by atoms with E-state index in [9.17, 15) is 0 Å². The molecule has 1 fully saturated rings. The molecular formula is C13H19NO. The second-order valence-corrected chi connectivity index (χ2v) is 4.55. The lowest BCUT2D eigenvalue weighted by Crippen LogP contribution is -2.26. The molecule has 0 amide bonds. The van der Waals surface area contributed by atoms with Crippen molar-refractivity contribution in [2.75, 3.05) is 13.2 Å². The van der Waals surface area contributed by atoms with Crippen molar-refractivity contribution < 1.29 is 5.11 Å². The van der Waals surface area contributed by atoms with Gasteiger partial charge in [0.25, 0.3) is 0 Å². The number of hydrogen-bond donors (Lipinski definition) is 1. The molecule has 15 heavy (non-hydrogen) atoms. The Morgan fingerprint density at radius 1 is 1.33 bits per heavy atom. The van der Waals surface area contributed by atoms with Crippen LogP contribution in [0.1, 0.15) is 18.9 Å². The Hall–Kier alpha value is -0.860. The van der Waals surface area contributed by atoms with E-state index in [0.717, 1.165) is 19.5 Å². The summed E-state index contributed by atoms with van der Waals surface area (Å²) in [6.45, 7) is 4.62. The summed E-state index contributed by atoms with van der Waals surface area (Å²) in [5.74, 6) is 0.476. The van der Waals surface area contributed by atoms with Gasteiger partial charge in [-0.2, -0.15) is 0 Å². The van der Waals surface area contributed by atoms with Crippen molar-refractivity contribution in [1.29, 1.82) is 0 Å². The van der Waals surface area contributed by atoms with Crippen LogP contribution in [0.15, 0.2) is 30.3 Å². The summed E-state index contributed by atoms with van der Waals surface area (Å²) in [6, 6.07) is 11.1. The maximum atomic E-state index is 9.14. The van der Waals surface area contributed by atoms with Gasteiger partial charge in [-0.05, 0) is 24.8 Å². The van der Waals surface area contributed by atoms with Crippen molar-refractivity contribution in [3.05, 3.63) is 35.9 Å². The molecule has 2 heteroatoms. The van der Waals surface area contributed by atoms with Crippen molar-refractivity contribution in [3.8, 4) is 0 Å². The largest absolute Gasteiger partial charge is 0.396 e. The van der Waals surface area contributed by atoms with Gasteiger partial charge in [0.15, 0.2) is 0 Å². The lowest BCUT2D eigenvalue weighted by atomic mass is 10.1. The minimum atomic E-state index is 0.329. The minimum Gasteiger partial charge on any atom is -0.396 e. The Labute approximate surface area is 91.5 Å². The normalized spacial score (nSPS) is 27.1. The predicted molar refractivity (Wildman–Crippen MR) is 61.5 cm³/mol. The summed E-state index contributed by atoms with van der Waals surface area (Å²) in [5.41, 5.74) is 1.36. The molecule has 0 aliphatic carbocycles. The summed E-state index contributed by atoms with van der Waals surface area (Å²) in [5, 5.41) is 9.14. The zero-order valence-electron chi connectivity index (χ0n) is 9.26. The first kappa shape index (κ1) is 10.7. The standard InChI is InChI=1S/C13H19NO/c1-11-7-13(10-15)9-14(11)8-12-5-3-2-4-6-12/h2-6,11,13,15H,7-10H2,1H3. The van der Waals surface area contributed by atoms with Crippen LogP contribution in [0.25, 0.3) is 0 Å². The third-order valence-electron chi connectivity index (χ3n) is 3.28. The fraction of sp³-hybridized carbons (Fsp3) is 0.538. The molecule has 2 unspecified atom stereocenters. The van der Waals surface area contributed by atoms with Gasteiger partial charge in [-0.1, -0.05) is 30.3 Å². The van der Waals surface area contributed by atoms with Gasteiger partial charge in [-0.15, -0.1) is 0 Å². The molecule has 2 rings (SSSR count). The SMILES string of the molecule is CC1CC(CO)CN1Cc1ccccc1. The van der Waals surface area contributed by atoms with E-state index in [1.54, 1.807) is 0 Å². The van der Waals surface area contributed by atoms with E-state index in [1.165, 1.54) is 5.56 Å². The van der Waals surface area contributed by atoms with E-state index in [1.807, 2.05) is 6.07 Å². The Kier molecular flexibility index (Phi) is 3.39. The fourth-order valence-electron chi connectivity index (χ4n) is 2.39. The molecule has 0 spiro atoms. The van der Waals surface area contributed by atoms with Crippen LogP contribution in [0.2, 0.25) is 0 Å². The van der Waals surface area contributed by atoms with Gasteiger partial charge in [0.2, 0.25) is 0 Å². The molecule has 1 heterocycles. The molecule has 0 saturated carbocycles. The molecule has 0 radical (unpaired) electrons. The first-order valence-corrected chi connectivity index (χ1v) is 5.68. The van der Waals surface area contributed by atoms with Crippen LogP contribution < -0.4 is 0 Å². The van der Waals surface area contributed by atoms with E-state index >= 15 is 0 Å². The van der Waals surface area contributed by atoms with Gasteiger partial charge in [0.1, 0.15) is 0 Å². The van der Waals surface area contributed by atoms with Crippen LogP contribution in [0.5, 0.6) is 0 Å². The summed E-state index contributed by atoms with van der Waals surface area (Å²) < 4.78 is 0. The van der Waals surface area contributed by atoms with Crippen LogP contribution in [-0.4, -0.2) is 29.2 Å². The van der Waals surface area contributed by atoms with Gasteiger partial charge in [0, 0.05) is 25.7 Å². The van der Waals surface area contributed by atoms with Crippen LogP contribution in [0, 0.1) is 5.92 Å². The number of aliphatic hydroxyl groups is 1. The van der Waals surface area contributed by atoms with Gasteiger partial charge < -0.3 is 5.11 Å². The highest BCUT2D eigenvalue weighted by atomic mass is 16.3. The maximum Gasteiger partial charge on any atom is 0.0472 e. The van der Waals surface area contributed by atoms with E-state index in [-0.39, 0.29) is 0 Å². The molecule has 1 aromatic carbocycles. The average molecular weight is 205 g/mol. The number of benzene rings is 1. The van der Waals surface area contributed by atoms with Crippen molar-refractivity contribution in [2.45, 2.75) is 25.9 Å². The average Bonchev–Trinajstić information content (AvgIpc) is 2.61. The first-order valence-electron chi connectivity index (χ1n) is 5.68. The third kappa shape index (κ3) is 2.58. The van der Waals surface area contributed by atoms with E-state index in [4.69, 9.17) is 5.11 Å². The number of likely N-dealkylation sites (tertiary alicyclic amines) is 1. The van der Waals surface area contributed by atoms with Crippen molar-refractivity contribution in [2.24, 2.45) is 5.92 Å². The summed E-state index contributed by atoms with van der Waals surface area (Å²) in [7, 11) is 0. The van der Waals surface area contributed by atoms with Gasteiger partial charge >= 0.3 is 0 Å². The van der Waals surface area contributed by atoms with Crippen molar-refractivity contribution >= 4 is 0 Å². The number of hydrogen-bond acceptors (Lipinski definition) is 2. The molecular weight excluding hydrogens is 186 g/mol. The van der Waals surface area contributed by atoms with Crippen molar-refractivity contribution in [3.63, 3.8) is 0 Å². The van der Waals surface area contributed by atoms with Crippen LogP contribution >= 0.6 is 0 Å². The van der Waals surface area contributed by atoms with Gasteiger partial charge in [0.05, 0.1) is 0 Å². The zero-order chi connectivity index (χ0) is 10.7. The van der Waals surface area contributed by atoms with E-state index in [0.29, 0.717) is 18.6 Å². The molecule has 0 bridgehead atoms. The topological polar surface area (TPSA) is 23.5 Å². The minimum absolute atomic E-state index is 0.329. The Balaban J connectivity index is 1.96. The summed E-state index contributed by atoms with van der Waals surface area (Å²) >= 11 is 0. The van der Waals surface area contributed by atoms with Crippen molar-refractivity contribution in [1.82, 2.24) is 4.90 Å². The Morgan fingerprint density at radius 3 is 2.67 bits per heavy atom. The molecule has 1 aliphatic heterocycles. The molecule has 2 atom stereocenters. The van der Waals surface area contributed by atoms with E-state index in [2.05, 4.69) is 36.1 Å². The van der Waals surface area contributed by atoms with Crippen LogP contribution in [0.4, 0.5) is 0 Å². The van der Waals surface area contributed by atoms with E-state index < -0.39 is 0 Å². The lowest BCUT2D eigenvalue weighted by molar-refractivity contribution is 0.215. The smallest absolute Gasteiger partial charge is 0.0472 e. The number of aliphatic hydroxyl groups excluding tert-OH is 1. The summed E-state index contributed by atoms with van der Waals surface area (Å²) in [6.07, 6.45) is 1.13. The maximum absolute atomic E-state index is 9.14. The number of rotatable bonds is 3. The molecule has 82 valence electrons. The van der Waals surface area contributed by atoms with Gasteiger partial charge in [-0.3, -0.25) is 4.90 Å². The third-order valence-corrected chi connectivity index (χ3v) is 3.28. The second-order valence-electron chi connectivity index (χ2n) is 4.55. The quantitative estimate of drug-likeness (QED) is 0.814. The molecule has 1 N–H and O–H groups in total. The highest BCUT2D eigenvalue weighted by molar-refractivity contribution is 5.14. The van der Waals surface area contributed by atoms with Gasteiger partial charge in [-0.25, -0.2) is 0 Å². The van der Waals surface area contributed by atoms with Crippen LogP contribution in [-0.2, 0) is 6.54 Å². The fourth-order valence-corrected chi connectivity index (χ4v) is 2.39.